The summed E-state index contributed by atoms with van der Waals surface area (Å²) in [6, 6.07) is 2.76. The number of nitrogens with one attached hydrogen (secondary N) is 2. The lowest BCUT2D eigenvalue weighted by Crippen LogP contribution is -2.26. The van der Waals surface area contributed by atoms with E-state index in [0.29, 0.717) is 17.1 Å². The van der Waals surface area contributed by atoms with Gasteiger partial charge >= 0.3 is 0 Å². The van der Waals surface area contributed by atoms with Gasteiger partial charge in [0.15, 0.2) is 0 Å². The predicted molar refractivity (Wildman–Crippen MR) is 78.4 cm³/mol. The quantitative estimate of drug-likeness (QED) is 0.420. The summed E-state index contributed by atoms with van der Waals surface area (Å²) >= 11 is 0. The van der Waals surface area contributed by atoms with Crippen LogP contribution in [0.25, 0.3) is 0 Å². The summed E-state index contributed by atoms with van der Waals surface area (Å²) in [7, 11) is 0. The highest BCUT2D eigenvalue weighted by molar-refractivity contribution is 5.54. The first-order valence-electron chi connectivity index (χ1n) is 6.95. The number of pyridine rings is 1. The molecule has 4 N–H and O–H groups in total. The van der Waals surface area contributed by atoms with Gasteiger partial charge in [0.1, 0.15) is 11.6 Å². The molecule has 1 aromatic rings. The van der Waals surface area contributed by atoms with Crippen LogP contribution in [-0.4, -0.2) is 16.5 Å². The Hall–Kier alpha value is -1.89. The zero-order valence-corrected chi connectivity index (χ0v) is 11.7. The average molecular weight is 279 g/mol. The predicted octanol–water partition coefficient (Wildman–Crippen LogP) is 2.66. The van der Waals surface area contributed by atoms with Crippen LogP contribution in [0.2, 0.25) is 0 Å². The maximum Gasteiger partial charge on any atom is 0.276 e. The molecule has 0 spiro atoms. The van der Waals surface area contributed by atoms with Gasteiger partial charge in [0.05, 0.1) is 17.1 Å². The Morgan fingerprint density at radius 3 is 2.60 bits per heavy atom. The van der Waals surface area contributed by atoms with Gasteiger partial charge in [-0.15, -0.1) is 0 Å². The van der Waals surface area contributed by atoms with Crippen molar-refractivity contribution in [2.75, 3.05) is 17.3 Å². The molecule has 0 bridgehead atoms. The van der Waals surface area contributed by atoms with Gasteiger partial charge in [0.25, 0.3) is 5.69 Å². The van der Waals surface area contributed by atoms with Crippen molar-refractivity contribution in [2.24, 2.45) is 11.3 Å². The van der Waals surface area contributed by atoms with Gasteiger partial charge in [0.2, 0.25) is 0 Å². The van der Waals surface area contributed by atoms with E-state index in [2.05, 4.69) is 22.7 Å². The molecule has 0 aliphatic heterocycles. The molecular formula is C13H21N5O2. The van der Waals surface area contributed by atoms with E-state index < -0.39 is 4.92 Å². The first-order valence-corrected chi connectivity index (χ1v) is 6.95. The fourth-order valence-electron chi connectivity index (χ4n) is 2.84. The summed E-state index contributed by atoms with van der Waals surface area (Å²) in [6.07, 6.45) is 6.03. The van der Waals surface area contributed by atoms with Crippen molar-refractivity contribution in [1.82, 2.24) is 4.98 Å². The van der Waals surface area contributed by atoms with Gasteiger partial charge in [0, 0.05) is 6.54 Å². The minimum absolute atomic E-state index is 0.0209. The molecule has 110 valence electrons. The number of nitro groups is 1. The molecule has 1 aromatic heterocycles. The molecule has 0 radical (unpaired) electrons. The van der Waals surface area contributed by atoms with Crippen LogP contribution in [0.5, 0.6) is 0 Å². The van der Waals surface area contributed by atoms with E-state index in [0.717, 1.165) is 13.0 Å². The van der Waals surface area contributed by atoms with Gasteiger partial charge in [-0.25, -0.2) is 10.8 Å². The number of nitrogens with zero attached hydrogens (tertiary/aromatic N) is 2. The Morgan fingerprint density at radius 1 is 1.40 bits per heavy atom. The second kappa shape index (κ2) is 6.04. The Kier molecular flexibility index (Phi) is 4.39. The van der Waals surface area contributed by atoms with Gasteiger partial charge in [-0.2, -0.15) is 0 Å². The van der Waals surface area contributed by atoms with E-state index in [9.17, 15) is 10.1 Å². The SMILES string of the molecule is CCC1(CNc2cc([N+](=O)[O-])cc(NN)n2)CCCC1. The number of nitrogen functional groups attached to an aromatic ring is 1. The third-order valence-corrected chi connectivity index (χ3v) is 4.23. The molecule has 1 aliphatic rings. The Morgan fingerprint density at radius 2 is 2.05 bits per heavy atom. The van der Waals surface area contributed by atoms with Crippen LogP contribution in [0.4, 0.5) is 17.3 Å². The van der Waals surface area contributed by atoms with E-state index in [4.69, 9.17) is 5.84 Å². The molecular weight excluding hydrogens is 258 g/mol. The average Bonchev–Trinajstić information content (AvgIpc) is 2.94. The Labute approximate surface area is 118 Å². The summed E-state index contributed by atoms with van der Waals surface area (Å²) < 4.78 is 0. The number of hydrogen-bond donors (Lipinski definition) is 3. The maximum atomic E-state index is 10.9. The molecule has 0 amide bonds. The third kappa shape index (κ3) is 3.16. The normalized spacial score (nSPS) is 16.9. The largest absolute Gasteiger partial charge is 0.369 e. The van der Waals surface area contributed by atoms with E-state index >= 15 is 0 Å². The minimum atomic E-state index is -0.446. The minimum Gasteiger partial charge on any atom is -0.369 e. The van der Waals surface area contributed by atoms with E-state index in [1.807, 2.05) is 0 Å². The monoisotopic (exact) mass is 279 g/mol. The molecule has 1 heterocycles. The molecule has 7 nitrogen and oxygen atoms in total. The number of hydrazine groups is 1. The molecule has 1 fully saturated rings. The van der Waals surface area contributed by atoms with Crippen molar-refractivity contribution in [2.45, 2.75) is 39.0 Å². The second-order valence-electron chi connectivity index (χ2n) is 5.41. The van der Waals surface area contributed by atoms with E-state index in [1.165, 1.54) is 37.8 Å². The van der Waals surface area contributed by atoms with Crippen LogP contribution in [-0.2, 0) is 0 Å². The summed E-state index contributed by atoms with van der Waals surface area (Å²) in [5, 5.41) is 14.1. The van der Waals surface area contributed by atoms with E-state index in [1.54, 1.807) is 0 Å². The number of hydrogen-bond acceptors (Lipinski definition) is 6. The molecule has 20 heavy (non-hydrogen) atoms. The highest BCUT2D eigenvalue weighted by Crippen LogP contribution is 2.41. The first-order chi connectivity index (χ1) is 9.58. The van der Waals surface area contributed by atoms with Gasteiger partial charge < -0.3 is 10.7 Å². The second-order valence-corrected chi connectivity index (χ2v) is 5.41. The van der Waals surface area contributed by atoms with E-state index in [-0.39, 0.29) is 5.69 Å². The summed E-state index contributed by atoms with van der Waals surface area (Å²) in [5.41, 5.74) is 2.63. The molecule has 1 aliphatic carbocycles. The summed E-state index contributed by atoms with van der Waals surface area (Å²) in [5.74, 6) is 6.08. The van der Waals surface area contributed by atoms with Crippen molar-refractivity contribution in [3.63, 3.8) is 0 Å². The number of anilines is 2. The molecule has 7 heteroatoms. The lowest BCUT2D eigenvalue weighted by atomic mass is 9.83. The number of rotatable bonds is 6. The summed E-state index contributed by atoms with van der Waals surface area (Å²) in [4.78, 5) is 14.6. The number of nitrogens with two attached hydrogens (primary N) is 1. The molecule has 2 rings (SSSR count). The fourth-order valence-corrected chi connectivity index (χ4v) is 2.84. The van der Waals surface area contributed by atoms with Crippen LogP contribution in [0.15, 0.2) is 12.1 Å². The van der Waals surface area contributed by atoms with Crippen molar-refractivity contribution < 1.29 is 4.92 Å². The zero-order chi connectivity index (χ0) is 14.6. The first kappa shape index (κ1) is 14.5. The highest BCUT2D eigenvalue weighted by atomic mass is 16.6. The lowest BCUT2D eigenvalue weighted by Gasteiger charge is -2.27. The zero-order valence-electron chi connectivity index (χ0n) is 11.7. The molecule has 0 unspecified atom stereocenters. The van der Waals surface area contributed by atoms with Crippen molar-refractivity contribution >= 4 is 17.3 Å². The topological polar surface area (TPSA) is 106 Å². The van der Waals surface area contributed by atoms with Crippen molar-refractivity contribution in [3.8, 4) is 0 Å². The van der Waals surface area contributed by atoms with Crippen LogP contribution in [0.3, 0.4) is 0 Å². The maximum absolute atomic E-state index is 10.9. The number of aromatic nitrogens is 1. The van der Waals surface area contributed by atoms with Crippen LogP contribution >= 0.6 is 0 Å². The lowest BCUT2D eigenvalue weighted by molar-refractivity contribution is -0.384. The molecule has 0 saturated heterocycles. The van der Waals surface area contributed by atoms with Crippen LogP contribution < -0.4 is 16.6 Å². The van der Waals surface area contributed by atoms with Crippen LogP contribution in [0, 0.1) is 15.5 Å². The Balaban J connectivity index is 2.12. The molecule has 0 atom stereocenters. The highest BCUT2D eigenvalue weighted by Gasteiger charge is 2.31. The van der Waals surface area contributed by atoms with Crippen molar-refractivity contribution in [3.05, 3.63) is 22.2 Å². The third-order valence-electron chi connectivity index (χ3n) is 4.23. The Bertz CT molecular complexity index is 486. The van der Waals surface area contributed by atoms with Gasteiger partial charge in [-0.05, 0) is 24.7 Å². The fraction of sp³-hybridized carbons (Fsp3) is 0.615. The van der Waals surface area contributed by atoms with Gasteiger partial charge in [-0.1, -0.05) is 19.8 Å². The molecule has 1 saturated carbocycles. The molecule has 0 aromatic carbocycles. The smallest absolute Gasteiger partial charge is 0.276 e. The summed E-state index contributed by atoms with van der Waals surface area (Å²) in [6.45, 7) is 2.99. The standard InChI is InChI=1S/C13H21N5O2/c1-2-13(5-3-4-6-13)9-15-11-7-10(18(19)20)8-12(16-11)17-14/h7-8H,2-6,9,14H2,1H3,(H2,15,16,17). The van der Waals surface area contributed by atoms with Crippen molar-refractivity contribution in [1.29, 1.82) is 0 Å². The van der Waals surface area contributed by atoms with Crippen LogP contribution in [0.1, 0.15) is 39.0 Å². The van der Waals surface area contributed by atoms with Gasteiger partial charge in [-0.3, -0.25) is 10.1 Å².